The van der Waals surface area contributed by atoms with Gasteiger partial charge in [-0.25, -0.2) is 4.21 Å². The molecule has 0 aliphatic rings. The van der Waals surface area contributed by atoms with Crippen LogP contribution in [0.3, 0.4) is 0 Å². The van der Waals surface area contributed by atoms with Crippen molar-refractivity contribution in [3.63, 3.8) is 0 Å². The van der Waals surface area contributed by atoms with Crippen molar-refractivity contribution in [2.45, 2.75) is 25.3 Å². The number of hydrogen-bond acceptors (Lipinski definition) is 2. The van der Waals surface area contributed by atoms with Gasteiger partial charge < -0.3 is 4.55 Å². The van der Waals surface area contributed by atoms with Crippen LogP contribution in [0.2, 0.25) is 0 Å². The van der Waals surface area contributed by atoms with E-state index in [1.54, 1.807) is 11.6 Å². The molecule has 4 nitrogen and oxygen atoms in total. The topological polar surface area (TPSA) is 55.1 Å². The van der Waals surface area contributed by atoms with Crippen LogP contribution < -0.4 is 0 Å². The van der Waals surface area contributed by atoms with Gasteiger partial charge in [0, 0.05) is 0 Å². The molecule has 0 fully saturated rings. The molecule has 0 radical (unpaired) electrons. The zero-order valence-electron chi connectivity index (χ0n) is 9.75. The molecule has 5 heteroatoms. The first-order valence-electron chi connectivity index (χ1n) is 5.28. The molecule has 1 N–H and O–H groups in total. The molecule has 2 rings (SSSR count). The molecule has 0 saturated carbocycles. The molecule has 0 aliphatic carbocycles. The minimum atomic E-state index is -1.97. The van der Waals surface area contributed by atoms with Gasteiger partial charge in [-0.2, -0.15) is 5.10 Å². The van der Waals surface area contributed by atoms with E-state index in [-0.39, 0.29) is 0 Å². The van der Waals surface area contributed by atoms with Crippen LogP contribution in [0.1, 0.15) is 17.0 Å². The molecule has 0 aliphatic heterocycles. The Labute approximate surface area is 103 Å². The van der Waals surface area contributed by atoms with Crippen LogP contribution in [-0.4, -0.2) is 18.5 Å². The highest BCUT2D eigenvalue weighted by molar-refractivity contribution is 7.79. The Kier molecular flexibility index (Phi) is 3.40. The van der Waals surface area contributed by atoms with Gasteiger partial charge in [0.05, 0.1) is 17.9 Å². The van der Waals surface area contributed by atoms with E-state index in [4.69, 9.17) is 0 Å². The van der Waals surface area contributed by atoms with Crippen LogP contribution in [-0.2, 0) is 17.6 Å². The van der Waals surface area contributed by atoms with Gasteiger partial charge in [0.25, 0.3) is 0 Å². The maximum absolute atomic E-state index is 11.2. The van der Waals surface area contributed by atoms with Crippen LogP contribution in [0.15, 0.2) is 35.2 Å². The molecule has 1 atom stereocenters. The largest absolute Gasteiger partial charge is 0.302 e. The van der Waals surface area contributed by atoms with Gasteiger partial charge in [-0.1, -0.05) is 30.3 Å². The summed E-state index contributed by atoms with van der Waals surface area (Å²) in [7, 11) is 0. The molecule has 0 saturated heterocycles. The minimum absolute atomic E-state index is 0.418. The molecular weight excluding hydrogens is 236 g/mol. The lowest BCUT2D eigenvalue weighted by Gasteiger charge is -2.04. The summed E-state index contributed by atoms with van der Waals surface area (Å²) in [4.78, 5) is 0.418. The Balaban J connectivity index is 2.35. The molecule has 1 heterocycles. The predicted octanol–water partition coefficient (Wildman–Crippen LogP) is 2.13. The Morgan fingerprint density at radius 3 is 2.47 bits per heavy atom. The Bertz CT molecular complexity index is 549. The molecule has 0 amide bonds. The maximum atomic E-state index is 11.2. The van der Waals surface area contributed by atoms with Gasteiger partial charge in [0.1, 0.15) is 4.90 Å². The quantitative estimate of drug-likeness (QED) is 0.849. The summed E-state index contributed by atoms with van der Waals surface area (Å²) in [5.41, 5.74) is 2.47. The van der Waals surface area contributed by atoms with Crippen LogP contribution in [0.4, 0.5) is 0 Å². The third-order valence-corrected chi connectivity index (χ3v) is 3.60. The number of hydrogen-bond donors (Lipinski definition) is 1. The molecule has 90 valence electrons. The molecule has 1 aromatic heterocycles. The van der Waals surface area contributed by atoms with Gasteiger partial charge in [-0.15, -0.1) is 0 Å². The Hall–Kier alpha value is -1.46. The van der Waals surface area contributed by atoms with Crippen molar-refractivity contribution in [1.82, 2.24) is 9.78 Å². The second kappa shape index (κ2) is 4.81. The molecule has 0 spiro atoms. The van der Waals surface area contributed by atoms with E-state index in [0.29, 0.717) is 17.1 Å². The average Bonchev–Trinajstić information content (AvgIpc) is 2.55. The van der Waals surface area contributed by atoms with E-state index in [1.807, 2.05) is 37.3 Å². The van der Waals surface area contributed by atoms with Crippen molar-refractivity contribution >= 4 is 11.1 Å². The lowest BCUT2D eigenvalue weighted by molar-refractivity contribution is 0.562. The highest BCUT2D eigenvalue weighted by Gasteiger charge is 2.15. The number of aromatic nitrogens is 2. The lowest BCUT2D eigenvalue weighted by atomic mass is 10.2. The summed E-state index contributed by atoms with van der Waals surface area (Å²) >= 11 is -1.97. The molecular formula is C12H14N2O2S. The summed E-state index contributed by atoms with van der Waals surface area (Å²) in [5.74, 6) is 0. The highest BCUT2D eigenvalue weighted by atomic mass is 32.2. The van der Waals surface area contributed by atoms with Crippen LogP contribution in [0.25, 0.3) is 0 Å². The van der Waals surface area contributed by atoms with E-state index in [9.17, 15) is 8.76 Å². The van der Waals surface area contributed by atoms with Crippen LogP contribution in [0, 0.1) is 13.8 Å². The fourth-order valence-corrected chi connectivity index (χ4v) is 2.50. The highest BCUT2D eigenvalue weighted by Crippen LogP contribution is 2.17. The second-order valence-electron chi connectivity index (χ2n) is 3.89. The van der Waals surface area contributed by atoms with E-state index in [1.165, 1.54) is 0 Å². The standard InChI is InChI=1S/C12H14N2O2S/c1-9-12(17(15)16)10(2)14(13-9)8-11-6-4-3-5-7-11/h3-7H,8H2,1-2H3,(H,15,16). The smallest absolute Gasteiger partial charge is 0.190 e. The Morgan fingerprint density at radius 2 is 1.94 bits per heavy atom. The minimum Gasteiger partial charge on any atom is -0.302 e. The second-order valence-corrected chi connectivity index (χ2v) is 4.80. The van der Waals surface area contributed by atoms with Crippen molar-refractivity contribution in [2.75, 3.05) is 0 Å². The maximum Gasteiger partial charge on any atom is 0.190 e. The zero-order valence-corrected chi connectivity index (χ0v) is 10.6. The number of aryl methyl sites for hydroxylation is 1. The summed E-state index contributed by atoms with van der Waals surface area (Å²) in [6.45, 7) is 4.18. The first kappa shape index (κ1) is 12.0. The molecule has 17 heavy (non-hydrogen) atoms. The summed E-state index contributed by atoms with van der Waals surface area (Å²) in [6, 6.07) is 9.90. The summed E-state index contributed by atoms with van der Waals surface area (Å²) < 4.78 is 22.1. The first-order valence-corrected chi connectivity index (χ1v) is 6.39. The van der Waals surface area contributed by atoms with E-state index >= 15 is 0 Å². The van der Waals surface area contributed by atoms with E-state index in [0.717, 1.165) is 11.3 Å². The van der Waals surface area contributed by atoms with Crippen LogP contribution >= 0.6 is 0 Å². The normalized spacial score (nSPS) is 12.6. The molecule has 2 aromatic rings. The van der Waals surface area contributed by atoms with Crippen molar-refractivity contribution < 1.29 is 8.76 Å². The third-order valence-electron chi connectivity index (χ3n) is 2.66. The lowest BCUT2D eigenvalue weighted by Crippen LogP contribution is -2.04. The first-order chi connectivity index (χ1) is 8.09. The van der Waals surface area contributed by atoms with Crippen molar-refractivity contribution in [3.05, 3.63) is 47.3 Å². The number of benzene rings is 1. The number of rotatable bonds is 3. The SMILES string of the molecule is Cc1nn(Cc2ccccc2)c(C)c1S(=O)O. The van der Waals surface area contributed by atoms with Gasteiger partial charge in [0.2, 0.25) is 0 Å². The fourth-order valence-electron chi connectivity index (χ4n) is 1.84. The zero-order chi connectivity index (χ0) is 12.4. The third kappa shape index (κ3) is 2.45. The monoisotopic (exact) mass is 250 g/mol. The van der Waals surface area contributed by atoms with Crippen molar-refractivity contribution in [1.29, 1.82) is 0 Å². The average molecular weight is 250 g/mol. The summed E-state index contributed by atoms with van der Waals surface area (Å²) in [5, 5.41) is 4.29. The number of nitrogens with zero attached hydrogens (tertiary/aromatic N) is 2. The van der Waals surface area contributed by atoms with Crippen LogP contribution in [0.5, 0.6) is 0 Å². The summed E-state index contributed by atoms with van der Waals surface area (Å²) in [6.07, 6.45) is 0. The van der Waals surface area contributed by atoms with Crippen molar-refractivity contribution in [2.24, 2.45) is 0 Å². The van der Waals surface area contributed by atoms with Gasteiger partial charge in [-0.3, -0.25) is 4.68 Å². The molecule has 0 bridgehead atoms. The fraction of sp³-hybridized carbons (Fsp3) is 0.250. The van der Waals surface area contributed by atoms with Gasteiger partial charge in [-0.05, 0) is 19.4 Å². The van der Waals surface area contributed by atoms with Gasteiger partial charge in [0.15, 0.2) is 11.1 Å². The Morgan fingerprint density at radius 1 is 1.29 bits per heavy atom. The van der Waals surface area contributed by atoms with Gasteiger partial charge >= 0.3 is 0 Å². The predicted molar refractivity (Wildman–Crippen MR) is 66.3 cm³/mol. The van der Waals surface area contributed by atoms with Crippen molar-refractivity contribution in [3.8, 4) is 0 Å². The van der Waals surface area contributed by atoms with E-state index in [2.05, 4.69) is 5.10 Å². The molecule has 1 unspecified atom stereocenters. The van der Waals surface area contributed by atoms with E-state index < -0.39 is 11.1 Å². The molecule has 1 aromatic carbocycles.